The number of aromatic nitrogens is 1. The molecule has 0 amide bonds. The highest BCUT2D eigenvalue weighted by atomic mass is 32.2. The van der Waals surface area contributed by atoms with E-state index in [4.69, 9.17) is 0 Å². The van der Waals surface area contributed by atoms with Gasteiger partial charge in [-0.3, -0.25) is 0 Å². The van der Waals surface area contributed by atoms with Gasteiger partial charge in [-0.25, -0.2) is 17.8 Å². The first-order chi connectivity index (χ1) is 7.93. The molecule has 2 atom stereocenters. The summed E-state index contributed by atoms with van der Waals surface area (Å²) in [7, 11) is -4.11. The molecule has 2 rings (SSSR count). The average Bonchev–Trinajstić information content (AvgIpc) is 2.60. The topological polar surface area (TPSA) is 90.7 Å². The molecular weight excluding hydrogens is 251 g/mol. The van der Waals surface area contributed by atoms with Crippen molar-refractivity contribution in [2.75, 3.05) is 13.1 Å². The van der Waals surface area contributed by atoms with Crippen LogP contribution in [0.25, 0.3) is 0 Å². The highest BCUT2D eigenvalue weighted by Gasteiger charge is 2.39. The molecule has 1 aromatic rings. The Morgan fingerprint density at radius 3 is 2.47 bits per heavy atom. The smallest absolute Gasteiger partial charge is 0.263 e. The average molecular weight is 262 g/mol. The molecular formula is C9H11FN2O4S. The van der Waals surface area contributed by atoms with E-state index in [2.05, 4.69) is 4.98 Å². The Hall–Kier alpha value is -1.09. The quantitative estimate of drug-likeness (QED) is 0.709. The van der Waals surface area contributed by atoms with Crippen LogP contribution in [0.2, 0.25) is 0 Å². The summed E-state index contributed by atoms with van der Waals surface area (Å²) >= 11 is 0. The second-order valence-electron chi connectivity index (χ2n) is 3.75. The van der Waals surface area contributed by atoms with E-state index in [9.17, 15) is 23.0 Å². The van der Waals surface area contributed by atoms with Gasteiger partial charge in [-0.1, -0.05) is 0 Å². The van der Waals surface area contributed by atoms with E-state index in [0.717, 1.165) is 10.4 Å². The van der Waals surface area contributed by atoms with E-state index in [1.54, 1.807) is 0 Å². The number of nitrogens with zero attached hydrogens (tertiary/aromatic N) is 2. The van der Waals surface area contributed by atoms with Crippen LogP contribution in [-0.4, -0.2) is 53.2 Å². The van der Waals surface area contributed by atoms with Gasteiger partial charge in [0.25, 0.3) is 10.0 Å². The number of aliphatic hydroxyl groups excluding tert-OH is 2. The minimum atomic E-state index is -4.11. The minimum absolute atomic E-state index is 0.264. The molecule has 0 spiro atoms. The van der Waals surface area contributed by atoms with Crippen LogP contribution in [0.1, 0.15) is 0 Å². The molecule has 94 valence electrons. The van der Waals surface area contributed by atoms with Gasteiger partial charge in [0.2, 0.25) is 5.03 Å². The zero-order valence-corrected chi connectivity index (χ0v) is 9.51. The normalized spacial score (nSPS) is 26.3. The number of aliphatic hydroxyl groups is 2. The van der Waals surface area contributed by atoms with Gasteiger partial charge in [-0.15, -0.1) is 0 Å². The molecule has 1 aromatic heterocycles. The van der Waals surface area contributed by atoms with Crippen LogP contribution in [0.15, 0.2) is 23.4 Å². The van der Waals surface area contributed by atoms with E-state index < -0.39 is 33.1 Å². The van der Waals surface area contributed by atoms with Gasteiger partial charge in [0, 0.05) is 19.3 Å². The maximum atomic E-state index is 13.3. The zero-order chi connectivity index (χ0) is 12.6. The Bertz CT molecular complexity index is 511. The van der Waals surface area contributed by atoms with Crippen LogP contribution in [-0.2, 0) is 10.0 Å². The van der Waals surface area contributed by atoms with Gasteiger partial charge in [0.1, 0.15) is 0 Å². The molecule has 0 bridgehead atoms. The molecule has 0 radical (unpaired) electrons. The fraction of sp³-hybridized carbons (Fsp3) is 0.444. The van der Waals surface area contributed by atoms with Crippen molar-refractivity contribution >= 4 is 10.0 Å². The van der Waals surface area contributed by atoms with E-state index in [0.29, 0.717) is 0 Å². The van der Waals surface area contributed by atoms with Crippen molar-refractivity contribution in [3.05, 3.63) is 24.1 Å². The van der Waals surface area contributed by atoms with Gasteiger partial charge in [0.15, 0.2) is 5.82 Å². The Morgan fingerprint density at radius 1 is 1.35 bits per heavy atom. The molecule has 17 heavy (non-hydrogen) atoms. The maximum Gasteiger partial charge on any atom is 0.263 e. The third-order valence-electron chi connectivity index (χ3n) is 2.53. The minimum Gasteiger partial charge on any atom is -0.389 e. The number of hydrogen-bond donors (Lipinski definition) is 2. The van der Waals surface area contributed by atoms with Gasteiger partial charge >= 0.3 is 0 Å². The first-order valence-electron chi connectivity index (χ1n) is 4.89. The molecule has 0 aromatic carbocycles. The van der Waals surface area contributed by atoms with Crippen LogP contribution in [0.5, 0.6) is 0 Å². The highest BCUT2D eigenvalue weighted by Crippen LogP contribution is 2.21. The predicted molar refractivity (Wildman–Crippen MR) is 55.0 cm³/mol. The number of pyridine rings is 1. The van der Waals surface area contributed by atoms with Crippen LogP contribution in [0.4, 0.5) is 4.39 Å². The molecule has 8 heteroatoms. The van der Waals surface area contributed by atoms with Gasteiger partial charge < -0.3 is 10.2 Å². The maximum absolute atomic E-state index is 13.3. The van der Waals surface area contributed by atoms with Crippen molar-refractivity contribution in [2.45, 2.75) is 17.2 Å². The Labute approximate surface area is 97.4 Å². The molecule has 0 unspecified atom stereocenters. The van der Waals surface area contributed by atoms with Gasteiger partial charge in [-0.05, 0) is 12.1 Å². The van der Waals surface area contributed by atoms with Crippen LogP contribution >= 0.6 is 0 Å². The summed E-state index contributed by atoms with van der Waals surface area (Å²) < 4.78 is 38.0. The van der Waals surface area contributed by atoms with E-state index >= 15 is 0 Å². The Balaban J connectivity index is 2.36. The van der Waals surface area contributed by atoms with Crippen LogP contribution in [0, 0.1) is 5.82 Å². The van der Waals surface area contributed by atoms with Crippen molar-refractivity contribution in [3.8, 4) is 0 Å². The van der Waals surface area contributed by atoms with Crippen molar-refractivity contribution in [3.63, 3.8) is 0 Å². The molecule has 6 nitrogen and oxygen atoms in total. The van der Waals surface area contributed by atoms with E-state index in [1.165, 1.54) is 12.3 Å². The number of rotatable bonds is 2. The fourth-order valence-corrected chi connectivity index (χ4v) is 3.07. The fourth-order valence-electron chi connectivity index (χ4n) is 1.61. The lowest BCUT2D eigenvalue weighted by Gasteiger charge is -2.14. The molecule has 0 aliphatic carbocycles. The number of hydrogen-bond acceptors (Lipinski definition) is 5. The van der Waals surface area contributed by atoms with Crippen LogP contribution in [0.3, 0.4) is 0 Å². The summed E-state index contributed by atoms with van der Waals surface area (Å²) in [5.74, 6) is -0.955. The lowest BCUT2D eigenvalue weighted by molar-refractivity contribution is 0.0572. The van der Waals surface area contributed by atoms with Gasteiger partial charge in [-0.2, -0.15) is 4.31 Å². The summed E-state index contributed by atoms with van der Waals surface area (Å²) in [4.78, 5) is 3.48. The summed E-state index contributed by atoms with van der Waals surface area (Å²) in [5, 5.41) is 17.9. The summed E-state index contributed by atoms with van der Waals surface area (Å²) in [5.41, 5.74) is 0. The molecule has 2 N–H and O–H groups in total. The van der Waals surface area contributed by atoms with E-state index in [-0.39, 0.29) is 13.1 Å². The van der Waals surface area contributed by atoms with Crippen LogP contribution < -0.4 is 0 Å². The zero-order valence-electron chi connectivity index (χ0n) is 8.69. The molecule has 2 heterocycles. The molecule has 0 saturated carbocycles. The lowest BCUT2D eigenvalue weighted by Crippen LogP contribution is -2.31. The lowest BCUT2D eigenvalue weighted by atomic mass is 10.3. The summed E-state index contributed by atoms with van der Waals surface area (Å²) in [6.45, 7) is -0.529. The second-order valence-corrected chi connectivity index (χ2v) is 5.60. The largest absolute Gasteiger partial charge is 0.389 e. The first-order valence-corrected chi connectivity index (χ1v) is 6.33. The number of β-amino-alcohol motifs (C(OH)–C–C–N with tert-alkyl or cyclic N) is 2. The standard InChI is InChI=1S/C9H11FN2O4S/c10-6-2-1-3-11-9(6)17(15,16)12-4-7(13)8(14)5-12/h1-3,7-8,13-14H,4-5H2/t7-,8+. The molecule has 1 fully saturated rings. The molecule has 1 aliphatic rings. The van der Waals surface area contributed by atoms with Crippen molar-refractivity contribution in [1.82, 2.24) is 9.29 Å². The number of sulfonamides is 1. The predicted octanol–water partition coefficient (Wildman–Crippen LogP) is -1.05. The monoisotopic (exact) mass is 262 g/mol. The SMILES string of the molecule is O=S(=O)(c1ncccc1F)N1C[C@@H](O)[C@@H](O)C1. The Morgan fingerprint density at radius 2 is 1.94 bits per heavy atom. The third-order valence-corrected chi connectivity index (χ3v) is 4.30. The van der Waals surface area contributed by atoms with Crippen molar-refractivity contribution in [2.24, 2.45) is 0 Å². The molecule has 1 saturated heterocycles. The Kier molecular flexibility index (Phi) is 3.13. The van der Waals surface area contributed by atoms with Gasteiger partial charge in [0.05, 0.1) is 12.2 Å². The highest BCUT2D eigenvalue weighted by molar-refractivity contribution is 7.89. The number of halogens is 1. The molecule has 1 aliphatic heterocycles. The van der Waals surface area contributed by atoms with Crippen molar-refractivity contribution < 1.29 is 23.0 Å². The summed E-state index contributed by atoms with van der Waals surface area (Å²) in [6.07, 6.45) is -1.15. The van der Waals surface area contributed by atoms with Crippen molar-refractivity contribution in [1.29, 1.82) is 0 Å². The first kappa shape index (κ1) is 12.4. The van der Waals surface area contributed by atoms with E-state index in [1.807, 2.05) is 0 Å². The summed E-state index contributed by atoms with van der Waals surface area (Å²) in [6, 6.07) is 2.27. The second kappa shape index (κ2) is 4.30. The third kappa shape index (κ3) is 2.16.